The lowest BCUT2D eigenvalue weighted by atomic mass is 9.87. The maximum atomic E-state index is 12.5. The zero-order chi connectivity index (χ0) is 14.0. The predicted octanol–water partition coefficient (Wildman–Crippen LogP) is 4.07. The van der Waals surface area contributed by atoms with Gasteiger partial charge in [0.2, 0.25) is 0 Å². The fraction of sp³-hybridized carbons (Fsp3) is 0.429. The quantitative estimate of drug-likeness (QED) is 0.797. The number of carbonyl (C=O) groups is 1. The van der Waals surface area contributed by atoms with E-state index in [0.717, 1.165) is 12.1 Å². The molecule has 0 saturated carbocycles. The van der Waals surface area contributed by atoms with Crippen molar-refractivity contribution in [2.75, 3.05) is 0 Å². The maximum absolute atomic E-state index is 12.5. The summed E-state index contributed by atoms with van der Waals surface area (Å²) in [5.41, 5.74) is -0.694. The third-order valence-electron chi connectivity index (χ3n) is 2.52. The Morgan fingerprint density at radius 2 is 1.83 bits per heavy atom. The van der Waals surface area contributed by atoms with Crippen molar-refractivity contribution in [1.29, 1.82) is 0 Å². The Bertz CT molecular complexity index is 427. The van der Waals surface area contributed by atoms with E-state index in [0.29, 0.717) is 5.56 Å². The van der Waals surface area contributed by atoms with E-state index in [1.807, 2.05) is 0 Å². The second-order valence-corrected chi connectivity index (χ2v) is 5.22. The molecule has 0 aliphatic carbocycles. The number of rotatable bonds is 3. The number of hydrogen-bond donors (Lipinski definition) is 0. The number of benzene rings is 1. The third kappa shape index (κ3) is 4.17. The molecule has 0 N–H and O–H groups in total. The van der Waals surface area contributed by atoms with Crippen molar-refractivity contribution in [3.05, 3.63) is 41.8 Å². The topological polar surface area (TPSA) is 17.1 Å². The van der Waals surface area contributed by atoms with Crippen LogP contribution in [0.5, 0.6) is 0 Å². The Balaban J connectivity index is 2.73. The molecule has 0 heterocycles. The van der Waals surface area contributed by atoms with E-state index in [-0.39, 0.29) is 12.2 Å². The minimum absolute atomic E-state index is 0.0695. The van der Waals surface area contributed by atoms with E-state index < -0.39 is 17.2 Å². The fourth-order valence-corrected chi connectivity index (χ4v) is 1.39. The van der Waals surface area contributed by atoms with Crippen molar-refractivity contribution < 1.29 is 18.0 Å². The molecule has 0 aromatic heterocycles. The van der Waals surface area contributed by atoms with Crippen molar-refractivity contribution in [2.45, 2.75) is 33.4 Å². The smallest absolute Gasteiger partial charge is 0.299 e. The number of halogens is 3. The minimum Gasteiger partial charge on any atom is -0.299 e. The molecule has 0 amide bonds. The summed E-state index contributed by atoms with van der Waals surface area (Å²) >= 11 is 0. The first-order valence-corrected chi connectivity index (χ1v) is 5.64. The highest BCUT2D eigenvalue weighted by Gasteiger charge is 2.30. The Morgan fingerprint density at radius 3 is 2.33 bits per heavy atom. The lowest BCUT2D eigenvalue weighted by molar-refractivity contribution is -0.137. The van der Waals surface area contributed by atoms with Gasteiger partial charge in [0.25, 0.3) is 0 Å². The van der Waals surface area contributed by atoms with Crippen LogP contribution in [0.15, 0.2) is 24.3 Å². The van der Waals surface area contributed by atoms with Gasteiger partial charge in [-0.25, -0.2) is 0 Å². The summed E-state index contributed by atoms with van der Waals surface area (Å²) in [5.74, 6) is -0.0695. The monoisotopic (exact) mass is 257 g/mol. The van der Waals surface area contributed by atoms with Crippen molar-refractivity contribution >= 4 is 5.78 Å². The van der Waals surface area contributed by atoms with Crippen LogP contribution < -0.4 is 0 Å². The van der Waals surface area contributed by atoms with Crippen LogP contribution in [0.4, 0.5) is 13.2 Å². The Hall–Kier alpha value is -1.32. The molecule has 99 valence electrons. The number of carbonyl (C=O) groups excluding carboxylic acids is 1. The van der Waals surface area contributed by atoms with Gasteiger partial charge in [-0.2, -0.15) is 13.2 Å². The second-order valence-electron chi connectivity index (χ2n) is 5.22. The fourth-order valence-electron chi connectivity index (χ4n) is 1.39. The van der Waals surface area contributed by atoms with Gasteiger partial charge in [0, 0.05) is 11.8 Å². The first-order valence-electron chi connectivity index (χ1n) is 5.64. The summed E-state index contributed by atoms with van der Waals surface area (Å²) in [4.78, 5) is 11.6. The number of ketones is 1. The molecule has 1 aromatic rings. The van der Waals surface area contributed by atoms with Crippen LogP contribution >= 0.6 is 0 Å². The van der Waals surface area contributed by atoms with E-state index in [2.05, 4.69) is 0 Å². The van der Waals surface area contributed by atoms with Crippen molar-refractivity contribution in [2.24, 2.45) is 5.41 Å². The van der Waals surface area contributed by atoms with E-state index in [4.69, 9.17) is 0 Å². The SMILES string of the molecule is CC(C)(C)C(=O)[CH]Cc1cccc(C(F)(F)F)c1. The molecule has 0 saturated heterocycles. The molecule has 1 rings (SSSR count). The van der Waals surface area contributed by atoms with Gasteiger partial charge in [-0.3, -0.25) is 4.79 Å². The molecular formula is C14H16F3O. The van der Waals surface area contributed by atoms with Gasteiger partial charge in [-0.1, -0.05) is 39.0 Å². The molecular weight excluding hydrogens is 241 g/mol. The maximum Gasteiger partial charge on any atom is 0.416 e. The summed E-state index contributed by atoms with van der Waals surface area (Å²) in [7, 11) is 0. The zero-order valence-corrected chi connectivity index (χ0v) is 10.6. The molecule has 0 bridgehead atoms. The van der Waals surface area contributed by atoms with Gasteiger partial charge in [-0.15, -0.1) is 0 Å². The van der Waals surface area contributed by atoms with Gasteiger partial charge in [0.15, 0.2) is 0 Å². The standard InChI is InChI=1S/C14H16F3O/c1-13(2,3)12(18)8-7-10-5-4-6-11(9-10)14(15,16)17/h4-6,8-9H,7H2,1-3H3. The average Bonchev–Trinajstić information content (AvgIpc) is 2.23. The van der Waals surface area contributed by atoms with Gasteiger partial charge >= 0.3 is 6.18 Å². The van der Waals surface area contributed by atoms with E-state index >= 15 is 0 Å². The highest BCUT2D eigenvalue weighted by Crippen LogP contribution is 2.29. The lowest BCUT2D eigenvalue weighted by Crippen LogP contribution is -2.21. The normalized spacial score (nSPS) is 12.6. The molecule has 0 fully saturated rings. The molecule has 0 unspecified atom stereocenters. The molecule has 1 aromatic carbocycles. The summed E-state index contributed by atoms with van der Waals surface area (Å²) in [6.07, 6.45) is -2.68. The van der Waals surface area contributed by atoms with Crippen LogP contribution in [0.25, 0.3) is 0 Å². The zero-order valence-electron chi connectivity index (χ0n) is 10.6. The molecule has 0 spiro atoms. The summed E-state index contributed by atoms with van der Waals surface area (Å²) in [6.45, 7) is 5.33. The van der Waals surface area contributed by atoms with Gasteiger partial charge in [0.1, 0.15) is 5.78 Å². The van der Waals surface area contributed by atoms with Gasteiger partial charge in [0.05, 0.1) is 5.56 Å². The number of Topliss-reactive ketones (excluding diaryl/α,β-unsaturated/α-hetero) is 1. The van der Waals surface area contributed by atoms with Gasteiger partial charge in [-0.05, 0) is 18.1 Å². The van der Waals surface area contributed by atoms with Crippen LogP contribution in [0, 0.1) is 11.8 Å². The van der Waals surface area contributed by atoms with Crippen LogP contribution in [0.1, 0.15) is 31.9 Å². The number of hydrogen-bond acceptors (Lipinski definition) is 1. The lowest BCUT2D eigenvalue weighted by Gasteiger charge is -2.16. The second kappa shape index (κ2) is 5.12. The van der Waals surface area contributed by atoms with Crippen LogP contribution in [-0.2, 0) is 17.4 Å². The molecule has 1 nitrogen and oxygen atoms in total. The predicted molar refractivity (Wildman–Crippen MR) is 63.9 cm³/mol. The van der Waals surface area contributed by atoms with E-state index in [9.17, 15) is 18.0 Å². The third-order valence-corrected chi connectivity index (χ3v) is 2.52. The number of alkyl halides is 3. The molecule has 0 aliphatic heterocycles. The van der Waals surface area contributed by atoms with Crippen LogP contribution in [-0.4, -0.2) is 5.78 Å². The van der Waals surface area contributed by atoms with Crippen molar-refractivity contribution in [3.8, 4) is 0 Å². The van der Waals surface area contributed by atoms with Gasteiger partial charge < -0.3 is 0 Å². The molecule has 18 heavy (non-hydrogen) atoms. The van der Waals surface area contributed by atoms with E-state index in [1.54, 1.807) is 26.8 Å². The molecule has 1 radical (unpaired) electrons. The van der Waals surface area contributed by atoms with Crippen molar-refractivity contribution in [1.82, 2.24) is 0 Å². The first kappa shape index (κ1) is 14.7. The Kier molecular flexibility index (Phi) is 4.20. The summed E-state index contributed by atoms with van der Waals surface area (Å²) in [5, 5.41) is 0. The Labute approximate surface area is 105 Å². The van der Waals surface area contributed by atoms with Crippen LogP contribution in [0.3, 0.4) is 0 Å². The van der Waals surface area contributed by atoms with Crippen molar-refractivity contribution in [3.63, 3.8) is 0 Å². The average molecular weight is 257 g/mol. The highest BCUT2D eigenvalue weighted by atomic mass is 19.4. The Morgan fingerprint density at radius 1 is 1.22 bits per heavy atom. The molecule has 4 heteroatoms. The minimum atomic E-state index is -4.34. The first-order chi connectivity index (χ1) is 8.10. The highest BCUT2D eigenvalue weighted by molar-refractivity contribution is 5.91. The summed E-state index contributed by atoms with van der Waals surface area (Å²) in [6, 6.07) is 5.04. The molecule has 0 atom stereocenters. The largest absolute Gasteiger partial charge is 0.416 e. The van der Waals surface area contributed by atoms with E-state index in [1.165, 1.54) is 12.5 Å². The summed E-state index contributed by atoms with van der Waals surface area (Å²) < 4.78 is 37.4. The van der Waals surface area contributed by atoms with Crippen LogP contribution in [0.2, 0.25) is 0 Å². The molecule has 0 aliphatic rings.